The van der Waals surface area contributed by atoms with Crippen molar-refractivity contribution >= 4 is 27.6 Å². The third-order valence-electron chi connectivity index (χ3n) is 8.19. The number of fused-ring (bicyclic) bond motifs is 1. The van der Waals surface area contributed by atoms with Gasteiger partial charge in [0, 0.05) is 6.42 Å². The van der Waals surface area contributed by atoms with Gasteiger partial charge in [0.05, 0.1) is 4.90 Å². The van der Waals surface area contributed by atoms with E-state index in [0.717, 1.165) is 0 Å². The number of nitrogens with one attached hydrogen (secondary N) is 2. The molecule has 2 amide bonds. The van der Waals surface area contributed by atoms with E-state index < -0.39 is 28.1 Å². The fourth-order valence-electron chi connectivity index (χ4n) is 5.98. The Hall–Kier alpha value is -3.04. The fraction of sp³-hybridized carbons (Fsp3) is 0.516. The Kier molecular flexibility index (Phi) is 8.57. The molecule has 2 N–H and O–H groups in total. The number of nitrogens with zero attached hydrogens (tertiary/aromatic N) is 1. The summed E-state index contributed by atoms with van der Waals surface area (Å²) in [5.41, 5.74) is 2.48. The molecule has 0 spiro atoms. The molecule has 8 nitrogen and oxygen atoms in total. The maximum Gasteiger partial charge on any atom is 0.247 e. The van der Waals surface area contributed by atoms with Crippen LogP contribution in [-0.2, 0) is 37.2 Å². The highest BCUT2D eigenvalue weighted by Crippen LogP contribution is 2.38. The highest BCUT2D eigenvalue weighted by molar-refractivity contribution is 7.89. The van der Waals surface area contributed by atoms with Gasteiger partial charge < -0.3 is 10.2 Å². The quantitative estimate of drug-likeness (QED) is 0.479. The van der Waals surface area contributed by atoms with Crippen LogP contribution in [0.25, 0.3) is 0 Å². The smallest absolute Gasteiger partial charge is 0.247 e. The molecule has 0 aromatic heterocycles. The molecule has 4 rings (SSSR count). The second-order valence-electron chi connectivity index (χ2n) is 12.4. The number of benzene rings is 2. The second-order valence-corrected chi connectivity index (χ2v) is 14.3. The topological polar surface area (TPSA) is 113 Å². The summed E-state index contributed by atoms with van der Waals surface area (Å²) in [6, 6.07) is 11.5. The summed E-state index contributed by atoms with van der Waals surface area (Å²) in [7, 11) is -2.35. The van der Waals surface area contributed by atoms with E-state index in [1.807, 2.05) is 46.8 Å². The van der Waals surface area contributed by atoms with E-state index in [2.05, 4.69) is 22.2 Å². The predicted molar refractivity (Wildman–Crippen MR) is 154 cm³/mol. The minimum absolute atomic E-state index is 0.0588. The molecule has 0 radical (unpaired) electrons. The summed E-state index contributed by atoms with van der Waals surface area (Å²) in [6.07, 6.45) is 2.17. The molecule has 1 saturated heterocycles. The molecule has 1 heterocycles. The lowest BCUT2D eigenvalue weighted by molar-refractivity contribution is -0.159. The first-order chi connectivity index (χ1) is 18.8. The number of rotatable bonds is 9. The van der Waals surface area contributed by atoms with Crippen LogP contribution in [0.3, 0.4) is 0 Å². The number of carbonyl (C=O) groups is 3. The van der Waals surface area contributed by atoms with Gasteiger partial charge in [0.15, 0.2) is 5.78 Å². The molecular formula is C31H41N3O5S. The minimum atomic E-state index is -3.69. The van der Waals surface area contributed by atoms with Crippen LogP contribution >= 0.6 is 0 Å². The van der Waals surface area contributed by atoms with E-state index in [9.17, 15) is 22.8 Å². The Bertz CT molecular complexity index is 1360. The monoisotopic (exact) mass is 567 g/mol. The number of carbonyl (C=O) groups excluding carboxylic acids is 3. The van der Waals surface area contributed by atoms with Gasteiger partial charge in [-0.25, -0.2) is 13.1 Å². The van der Waals surface area contributed by atoms with Gasteiger partial charge in [-0.2, -0.15) is 0 Å². The van der Waals surface area contributed by atoms with Gasteiger partial charge in [-0.05, 0) is 66.0 Å². The Balaban J connectivity index is 1.80. The van der Waals surface area contributed by atoms with Crippen molar-refractivity contribution in [1.29, 1.82) is 0 Å². The van der Waals surface area contributed by atoms with Gasteiger partial charge in [0.25, 0.3) is 0 Å². The molecule has 2 aliphatic rings. The van der Waals surface area contributed by atoms with Crippen LogP contribution in [0.2, 0.25) is 0 Å². The molecule has 1 fully saturated rings. The summed E-state index contributed by atoms with van der Waals surface area (Å²) < 4.78 is 27.0. The second kappa shape index (κ2) is 11.4. The number of Topliss-reactive ketones (excluding diaryl/α,β-unsaturated/α-hetero) is 1. The van der Waals surface area contributed by atoms with Gasteiger partial charge >= 0.3 is 0 Å². The largest absolute Gasteiger partial charge is 0.342 e. The van der Waals surface area contributed by atoms with Crippen LogP contribution in [0.4, 0.5) is 0 Å². The Labute approximate surface area is 238 Å². The molecule has 4 atom stereocenters. The zero-order chi connectivity index (χ0) is 29.4. The highest BCUT2D eigenvalue weighted by atomic mass is 32.2. The Morgan fingerprint density at radius 2 is 1.62 bits per heavy atom. The van der Waals surface area contributed by atoms with Crippen LogP contribution in [0.1, 0.15) is 70.2 Å². The normalized spacial score (nSPS) is 21.6. The van der Waals surface area contributed by atoms with Crippen molar-refractivity contribution in [2.24, 2.45) is 17.3 Å². The summed E-state index contributed by atoms with van der Waals surface area (Å²) in [4.78, 5) is 43.8. The van der Waals surface area contributed by atoms with Gasteiger partial charge in [0.1, 0.15) is 18.1 Å². The van der Waals surface area contributed by atoms with Gasteiger partial charge in [0.2, 0.25) is 21.8 Å². The maximum absolute atomic E-state index is 14.5. The molecule has 0 saturated carbocycles. The van der Waals surface area contributed by atoms with E-state index in [4.69, 9.17) is 0 Å². The van der Waals surface area contributed by atoms with E-state index in [1.54, 1.807) is 12.1 Å². The lowest BCUT2D eigenvalue weighted by atomic mass is 9.82. The molecule has 2 aromatic rings. The molecule has 0 unspecified atom stereocenters. The van der Waals surface area contributed by atoms with E-state index in [-0.39, 0.29) is 46.2 Å². The van der Waals surface area contributed by atoms with Crippen molar-refractivity contribution < 1.29 is 22.8 Å². The van der Waals surface area contributed by atoms with Gasteiger partial charge in [-0.1, -0.05) is 77.4 Å². The minimum Gasteiger partial charge on any atom is -0.342 e. The molecule has 9 heteroatoms. The number of hydrogen-bond donors (Lipinski definition) is 2. The standard InChI is InChI=1S/C31H41N3O5S/c1-7-19(2)27-29(36)33-26(23-16-21-10-8-9-11-22(21)17-23)30(37)34(27)28(25(35)18-31(3,4)5)20-12-14-24(15-13-20)40(38,39)32-6/h8-15,19,23,26-28,32H,7,16-18H2,1-6H3,(H,33,36)/t19-,26-,27-,28-/m1/s1. The number of ketones is 1. The molecule has 1 aliphatic heterocycles. The lowest BCUT2D eigenvalue weighted by Crippen LogP contribution is -2.68. The van der Waals surface area contributed by atoms with Crippen molar-refractivity contribution in [3.8, 4) is 0 Å². The Morgan fingerprint density at radius 1 is 1.05 bits per heavy atom. The van der Waals surface area contributed by atoms with Crippen LogP contribution < -0.4 is 10.0 Å². The summed E-state index contributed by atoms with van der Waals surface area (Å²) in [5, 5.41) is 3.04. The zero-order valence-electron chi connectivity index (χ0n) is 24.2. The molecule has 0 bridgehead atoms. The first kappa shape index (κ1) is 29.9. The van der Waals surface area contributed by atoms with Crippen molar-refractivity contribution in [3.63, 3.8) is 0 Å². The molecular weight excluding hydrogens is 526 g/mol. The lowest BCUT2D eigenvalue weighted by Gasteiger charge is -2.46. The van der Waals surface area contributed by atoms with Crippen LogP contribution in [0.15, 0.2) is 53.4 Å². The van der Waals surface area contributed by atoms with Gasteiger partial charge in [-0.15, -0.1) is 0 Å². The van der Waals surface area contributed by atoms with Crippen molar-refractivity contribution in [2.45, 2.75) is 83.3 Å². The van der Waals surface area contributed by atoms with Crippen molar-refractivity contribution in [2.75, 3.05) is 7.05 Å². The molecule has 216 valence electrons. The molecule has 40 heavy (non-hydrogen) atoms. The summed E-state index contributed by atoms with van der Waals surface area (Å²) >= 11 is 0. The van der Waals surface area contributed by atoms with Crippen molar-refractivity contribution in [3.05, 3.63) is 65.2 Å². The molecule has 1 aliphatic carbocycles. The number of amides is 2. The Morgan fingerprint density at radius 3 is 2.12 bits per heavy atom. The van der Waals surface area contributed by atoms with Gasteiger partial charge in [-0.3, -0.25) is 14.4 Å². The third kappa shape index (κ3) is 6.00. The van der Waals surface area contributed by atoms with Crippen LogP contribution in [0, 0.1) is 17.3 Å². The first-order valence-electron chi connectivity index (χ1n) is 14.0. The van der Waals surface area contributed by atoms with E-state index >= 15 is 0 Å². The SMILES string of the molecule is CC[C@@H](C)[C@@H]1C(=O)N[C@H](C2Cc3ccccc3C2)C(=O)N1[C@@H](C(=O)CC(C)(C)C)c1ccc(S(=O)(=O)NC)cc1. The average molecular weight is 568 g/mol. The summed E-state index contributed by atoms with van der Waals surface area (Å²) in [5.74, 6) is -1.00. The highest BCUT2D eigenvalue weighted by Gasteiger charge is 2.50. The predicted octanol–water partition coefficient (Wildman–Crippen LogP) is 3.80. The zero-order valence-corrected chi connectivity index (χ0v) is 25.0. The van der Waals surface area contributed by atoms with Crippen LogP contribution in [0.5, 0.6) is 0 Å². The number of hydrogen-bond acceptors (Lipinski definition) is 5. The number of piperazine rings is 1. The van der Waals surface area contributed by atoms with E-state index in [1.165, 1.54) is 35.2 Å². The van der Waals surface area contributed by atoms with Crippen LogP contribution in [-0.4, -0.2) is 50.0 Å². The molecule has 2 aromatic carbocycles. The maximum atomic E-state index is 14.5. The van der Waals surface area contributed by atoms with Crippen molar-refractivity contribution in [1.82, 2.24) is 14.9 Å². The average Bonchev–Trinajstić information content (AvgIpc) is 3.33. The van der Waals surface area contributed by atoms with E-state index in [0.29, 0.717) is 24.8 Å². The fourth-order valence-corrected chi connectivity index (χ4v) is 6.71. The first-order valence-corrected chi connectivity index (χ1v) is 15.5. The summed E-state index contributed by atoms with van der Waals surface area (Å²) in [6.45, 7) is 9.76. The third-order valence-corrected chi connectivity index (χ3v) is 9.62. The number of sulfonamides is 1.